The molecule has 0 N–H and O–H groups in total. The van der Waals surface area contributed by atoms with Crippen LogP contribution in [0.5, 0.6) is 0 Å². The molecule has 0 aliphatic heterocycles. The van der Waals surface area contributed by atoms with Crippen molar-refractivity contribution in [3.05, 3.63) is 44.9 Å². The van der Waals surface area contributed by atoms with Gasteiger partial charge in [-0.15, -0.1) is 16.4 Å². The third-order valence-electron chi connectivity index (χ3n) is 2.68. The van der Waals surface area contributed by atoms with Gasteiger partial charge in [-0.05, 0) is 25.3 Å². The Bertz CT molecular complexity index is 796. The van der Waals surface area contributed by atoms with Gasteiger partial charge in [0.2, 0.25) is 5.82 Å². The van der Waals surface area contributed by atoms with Crippen molar-refractivity contribution < 1.29 is 18.7 Å². The molecule has 3 rings (SSSR count). The van der Waals surface area contributed by atoms with Gasteiger partial charge in [-0.2, -0.15) is 0 Å². The van der Waals surface area contributed by atoms with E-state index in [2.05, 4.69) is 10.3 Å². The van der Waals surface area contributed by atoms with Crippen LogP contribution in [0.4, 0.5) is 11.7 Å². The second-order valence-electron chi connectivity index (χ2n) is 4.33. The van der Waals surface area contributed by atoms with E-state index in [1.807, 2.05) is 0 Å². The number of aromatic nitrogens is 2. The second-order valence-corrected chi connectivity index (χ2v) is 5.66. The fourth-order valence-corrected chi connectivity index (χ4v) is 2.38. The Hall–Kier alpha value is -2.32. The predicted molar refractivity (Wildman–Crippen MR) is 79.4 cm³/mol. The number of halogens is 1. The third kappa shape index (κ3) is 2.70. The van der Waals surface area contributed by atoms with Crippen molar-refractivity contribution in [1.82, 2.24) is 10.3 Å². The molecule has 0 spiro atoms. The van der Waals surface area contributed by atoms with Gasteiger partial charge in [-0.1, -0.05) is 28.0 Å². The monoisotopic (exact) mass is 339 g/mol. The van der Waals surface area contributed by atoms with Crippen LogP contribution in [0.3, 0.4) is 0 Å². The lowest BCUT2D eigenvalue weighted by Crippen LogP contribution is -2.22. The summed E-state index contributed by atoms with van der Waals surface area (Å²) >= 11 is 7.38. The first kappa shape index (κ1) is 14.6. The number of carbonyl (C=O) groups excluding carboxylic acids is 1. The molecule has 3 heterocycles. The summed E-state index contributed by atoms with van der Waals surface area (Å²) in [5.41, 5.74) is 0.467. The lowest BCUT2D eigenvalue weighted by atomic mass is 10.4. The maximum absolute atomic E-state index is 12.2. The Kier molecular flexibility index (Phi) is 3.86. The zero-order chi connectivity index (χ0) is 15.7. The minimum Gasteiger partial charge on any atom is -0.359 e. The van der Waals surface area contributed by atoms with Gasteiger partial charge < -0.3 is 13.9 Å². The second kappa shape index (κ2) is 5.82. The molecule has 0 aliphatic rings. The van der Waals surface area contributed by atoms with Crippen molar-refractivity contribution >= 4 is 40.6 Å². The Labute approximate surface area is 134 Å². The zero-order valence-corrected chi connectivity index (χ0v) is 13.1. The summed E-state index contributed by atoms with van der Waals surface area (Å²) in [6, 6.07) is 4.97. The van der Waals surface area contributed by atoms with Crippen LogP contribution in [0, 0.1) is 13.8 Å². The van der Waals surface area contributed by atoms with Gasteiger partial charge in [0.25, 0.3) is 5.88 Å². The normalized spacial score (nSPS) is 10.7. The molecule has 114 valence electrons. The molecule has 0 aliphatic carbocycles. The predicted octanol–water partition coefficient (Wildman–Crippen LogP) is 3.90. The molecule has 0 bridgehead atoms. The standard InChI is InChI=1S/C13H10ClN3O4S/c1-7-6-10(16-19-7)17(12-11(14)8(2)15-20-12)21-13(18)9-4-3-5-22-9/h3-6H,1-2H3. The molecule has 7 nitrogen and oxygen atoms in total. The van der Waals surface area contributed by atoms with E-state index in [0.29, 0.717) is 16.3 Å². The van der Waals surface area contributed by atoms with Gasteiger partial charge in [0.15, 0.2) is 0 Å². The van der Waals surface area contributed by atoms with Gasteiger partial charge in [0.05, 0.1) is 0 Å². The summed E-state index contributed by atoms with van der Waals surface area (Å²) in [5, 5.41) is 10.6. The lowest BCUT2D eigenvalue weighted by Gasteiger charge is -2.16. The van der Waals surface area contributed by atoms with Crippen LogP contribution in [0.1, 0.15) is 21.1 Å². The summed E-state index contributed by atoms with van der Waals surface area (Å²) in [4.78, 5) is 17.9. The number of hydrogen-bond acceptors (Lipinski definition) is 8. The van der Waals surface area contributed by atoms with Crippen molar-refractivity contribution in [2.24, 2.45) is 0 Å². The van der Waals surface area contributed by atoms with E-state index >= 15 is 0 Å². The third-order valence-corrected chi connectivity index (χ3v) is 3.96. The van der Waals surface area contributed by atoms with Crippen LogP contribution in [0.25, 0.3) is 0 Å². The SMILES string of the molecule is Cc1cc(N(OC(=O)c2cccs2)c2onc(C)c2Cl)no1. The minimum atomic E-state index is -0.569. The van der Waals surface area contributed by atoms with Crippen molar-refractivity contribution in [2.45, 2.75) is 13.8 Å². The summed E-state index contributed by atoms with van der Waals surface area (Å²) in [5.74, 6) is 0.248. The topological polar surface area (TPSA) is 81.6 Å². The average Bonchev–Trinajstić information content (AvgIpc) is 3.21. The Morgan fingerprint density at radius 2 is 2.18 bits per heavy atom. The van der Waals surface area contributed by atoms with E-state index < -0.39 is 5.97 Å². The highest BCUT2D eigenvalue weighted by atomic mass is 35.5. The van der Waals surface area contributed by atoms with E-state index in [0.717, 1.165) is 5.06 Å². The largest absolute Gasteiger partial charge is 0.373 e. The summed E-state index contributed by atoms with van der Waals surface area (Å²) in [6.07, 6.45) is 0. The molecule has 0 saturated carbocycles. The molecule has 22 heavy (non-hydrogen) atoms. The van der Waals surface area contributed by atoms with Crippen LogP contribution in [0.15, 0.2) is 32.6 Å². The van der Waals surface area contributed by atoms with Gasteiger partial charge >= 0.3 is 5.97 Å². The highest BCUT2D eigenvalue weighted by molar-refractivity contribution is 7.11. The molecule has 3 aromatic rings. The van der Waals surface area contributed by atoms with E-state index in [-0.39, 0.29) is 16.7 Å². The van der Waals surface area contributed by atoms with Crippen molar-refractivity contribution in [1.29, 1.82) is 0 Å². The number of rotatable bonds is 4. The molecule has 3 aromatic heterocycles. The Morgan fingerprint density at radius 3 is 2.73 bits per heavy atom. The number of nitrogens with zero attached hydrogens (tertiary/aromatic N) is 3. The van der Waals surface area contributed by atoms with Gasteiger partial charge in [-0.25, -0.2) is 4.79 Å². The van der Waals surface area contributed by atoms with Gasteiger partial charge in [0, 0.05) is 6.07 Å². The molecule has 0 saturated heterocycles. The first-order valence-electron chi connectivity index (χ1n) is 6.17. The number of aryl methyl sites for hydroxylation is 2. The van der Waals surface area contributed by atoms with Crippen molar-refractivity contribution in [3.63, 3.8) is 0 Å². The molecule has 0 atom stereocenters. The van der Waals surface area contributed by atoms with Crippen LogP contribution in [0.2, 0.25) is 5.02 Å². The molecular weight excluding hydrogens is 330 g/mol. The van der Waals surface area contributed by atoms with Crippen LogP contribution >= 0.6 is 22.9 Å². The maximum atomic E-state index is 12.2. The zero-order valence-electron chi connectivity index (χ0n) is 11.6. The summed E-state index contributed by atoms with van der Waals surface area (Å²) < 4.78 is 10.1. The first-order chi connectivity index (χ1) is 10.6. The maximum Gasteiger partial charge on any atom is 0.373 e. The number of carbonyl (C=O) groups is 1. The molecular formula is C13H10ClN3O4S. The molecule has 0 fully saturated rings. The molecule has 0 unspecified atom stereocenters. The highest BCUT2D eigenvalue weighted by Crippen LogP contribution is 2.34. The van der Waals surface area contributed by atoms with Crippen LogP contribution in [-0.2, 0) is 4.84 Å². The van der Waals surface area contributed by atoms with E-state index in [1.165, 1.54) is 11.3 Å². The quantitative estimate of drug-likeness (QED) is 0.666. The van der Waals surface area contributed by atoms with Gasteiger partial charge in [0.1, 0.15) is 21.4 Å². The van der Waals surface area contributed by atoms with Crippen LogP contribution < -0.4 is 5.06 Å². The molecule has 9 heteroatoms. The average molecular weight is 340 g/mol. The van der Waals surface area contributed by atoms with E-state index in [9.17, 15) is 4.79 Å². The van der Waals surface area contributed by atoms with Gasteiger partial charge in [-0.3, -0.25) is 0 Å². The van der Waals surface area contributed by atoms with Crippen molar-refractivity contribution in [2.75, 3.05) is 5.06 Å². The van der Waals surface area contributed by atoms with Crippen molar-refractivity contribution in [3.8, 4) is 0 Å². The molecule has 0 radical (unpaired) electrons. The smallest absolute Gasteiger partial charge is 0.359 e. The Morgan fingerprint density at radius 1 is 1.36 bits per heavy atom. The van der Waals surface area contributed by atoms with E-state index in [4.69, 9.17) is 25.5 Å². The minimum absolute atomic E-state index is 0.0531. The lowest BCUT2D eigenvalue weighted by molar-refractivity contribution is 0.0484. The highest BCUT2D eigenvalue weighted by Gasteiger charge is 2.27. The Balaban J connectivity index is 1.96. The summed E-state index contributed by atoms with van der Waals surface area (Å²) in [6.45, 7) is 3.38. The molecule has 0 aromatic carbocycles. The first-order valence-corrected chi connectivity index (χ1v) is 7.43. The number of thiophene rings is 1. The van der Waals surface area contributed by atoms with Crippen LogP contribution in [-0.4, -0.2) is 16.3 Å². The molecule has 0 amide bonds. The summed E-state index contributed by atoms with van der Waals surface area (Å²) in [7, 11) is 0. The fourth-order valence-electron chi connectivity index (χ4n) is 1.64. The number of hydrogen-bond donors (Lipinski definition) is 0. The number of anilines is 2. The van der Waals surface area contributed by atoms with E-state index in [1.54, 1.807) is 37.4 Å². The fraction of sp³-hybridized carbons (Fsp3) is 0.154.